The van der Waals surface area contributed by atoms with Gasteiger partial charge in [0.25, 0.3) is 5.69 Å². The molecule has 7 nitrogen and oxygen atoms in total. The summed E-state index contributed by atoms with van der Waals surface area (Å²) in [5.74, 6) is 0. The summed E-state index contributed by atoms with van der Waals surface area (Å²) in [5.41, 5.74) is 0.564. The molecule has 1 atom stereocenters. The van der Waals surface area contributed by atoms with Gasteiger partial charge in [0.1, 0.15) is 6.33 Å². The van der Waals surface area contributed by atoms with Gasteiger partial charge in [0, 0.05) is 22.9 Å². The van der Waals surface area contributed by atoms with Crippen molar-refractivity contribution in [2.45, 2.75) is 5.16 Å². The third-order valence-electron chi connectivity index (χ3n) is 2.18. The maximum Gasteiger partial charge on any atom is 0.270 e. The molecule has 0 spiro atoms. The van der Waals surface area contributed by atoms with E-state index in [0.29, 0.717) is 10.2 Å². The quantitative estimate of drug-likeness (QED) is 0.630. The summed E-state index contributed by atoms with van der Waals surface area (Å²) < 4.78 is 13.5. The third-order valence-corrected chi connectivity index (χ3v) is 3.60. The van der Waals surface area contributed by atoms with Gasteiger partial charge in [-0.3, -0.25) is 18.9 Å². The number of halogens is 1. The molecule has 0 saturated carbocycles. The Kier molecular flexibility index (Phi) is 3.53. The molecular weight excluding hydrogens is 324 g/mol. The van der Waals surface area contributed by atoms with E-state index in [1.54, 1.807) is 6.07 Å². The largest absolute Gasteiger partial charge is 0.273 e. The highest BCUT2D eigenvalue weighted by Crippen LogP contribution is 2.26. The molecule has 9 heteroatoms. The number of hydrogen-bond acceptors (Lipinski definition) is 5. The van der Waals surface area contributed by atoms with Crippen LogP contribution in [0.15, 0.2) is 34.2 Å². The summed E-state index contributed by atoms with van der Waals surface area (Å²) in [7, 11) is -1.30. The molecule has 0 aliphatic heterocycles. The zero-order chi connectivity index (χ0) is 13.3. The molecule has 0 aliphatic carbocycles. The summed E-state index contributed by atoms with van der Waals surface area (Å²) in [4.78, 5) is 10.1. The smallest absolute Gasteiger partial charge is 0.270 e. The monoisotopic (exact) mass is 330 g/mol. The average Bonchev–Trinajstić information content (AvgIpc) is 2.77. The van der Waals surface area contributed by atoms with E-state index >= 15 is 0 Å². The third kappa shape index (κ3) is 2.31. The average molecular weight is 331 g/mol. The van der Waals surface area contributed by atoms with Crippen molar-refractivity contribution in [2.24, 2.45) is 0 Å². The molecule has 0 aliphatic rings. The fourth-order valence-electron chi connectivity index (χ4n) is 1.39. The van der Waals surface area contributed by atoms with Gasteiger partial charge >= 0.3 is 0 Å². The molecule has 94 valence electrons. The maximum atomic E-state index is 11.5. The normalized spacial score (nSPS) is 12.3. The second-order valence-corrected chi connectivity index (χ2v) is 5.46. The first kappa shape index (κ1) is 12.8. The number of aromatic nitrogens is 3. The minimum Gasteiger partial charge on any atom is -0.273 e. The molecule has 0 N–H and O–H groups in total. The van der Waals surface area contributed by atoms with Crippen LogP contribution < -0.4 is 0 Å². The van der Waals surface area contributed by atoms with Gasteiger partial charge in [-0.1, -0.05) is 0 Å². The van der Waals surface area contributed by atoms with Gasteiger partial charge in [0.05, 0.1) is 21.4 Å². The molecule has 2 aromatic rings. The van der Waals surface area contributed by atoms with E-state index in [1.165, 1.54) is 29.3 Å². The Morgan fingerprint density at radius 1 is 1.50 bits per heavy atom. The molecular formula is C9H7BrN4O3S. The predicted octanol–water partition coefficient (Wildman–Crippen LogP) is 1.68. The summed E-state index contributed by atoms with van der Waals surface area (Å²) in [6.45, 7) is 0. The molecule has 0 radical (unpaired) electrons. The lowest BCUT2D eigenvalue weighted by molar-refractivity contribution is -0.384. The first-order valence-electron chi connectivity index (χ1n) is 4.68. The first-order chi connectivity index (χ1) is 8.50. The van der Waals surface area contributed by atoms with Crippen molar-refractivity contribution in [3.05, 3.63) is 39.1 Å². The van der Waals surface area contributed by atoms with Crippen LogP contribution in [0.25, 0.3) is 5.69 Å². The lowest BCUT2D eigenvalue weighted by atomic mass is 10.3. The van der Waals surface area contributed by atoms with Crippen LogP contribution in [0.5, 0.6) is 0 Å². The molecule has 18 heavy (non-hydrogen) atoms. The Labute approximate surface area is 113 Å². The second-order valence-electron chi connectivity index (χ2n) is 3.33. The Morgan fingerprint density at radius 2 is 2.22 bits per heavy atom. The zero-order valence-corrected chi connectivity index (χ0v) is 11.5. The van der Waals surface area contributed by atoms with Crippen LogP contribution in [0.1, 0.15) is 0 Å². The summed E-state index contributed by atoms with van der Waals surface area (Å²) in [5, 5.41) is 18.3. The van der Waals surface area contributed by atoms with Gasteiger partial charge in [-0.2, -0.15) is 0 Å². The maximum absolute atomic E-state index is 11.5. The number of nitro benzene ring substituents is 1. The van der Waals surface area contributed by atoms with Crippen LogP contribution in [0.4, 0.5) is 5.69 Å². The van der Waals surface area contributed by atoms with Crippen molar-refractivity contribution in [2.75, 3.05) is 6.26 Å². The number of nitro groups is 1. The molecule has 1 heterocycles. The predicted molar refractivity (Wildman–Crippen MR) is 68.0 cm³/mol. The summed E-state index contributed by atoms with van der Waals surface area (Å²) in [6.07, 6.45) is 2.89. The molecule has 1 aromatic carbocycles. The van der Waals surface area contributed by atoms with Crippen LogP contribution in [0.3, 0.4) is 0 Å². The van der Waals surface area contributed by atoms with E-state index in [9.17, 15) is 14.3 Å². The number of nitrogens with zero attached hydrogens (tertiary/aromatic N) is 4. The van der Waals surface area contributed by atoms with Crippen LogP contribution in [-0.2, 0) is 10.8 Å². The van der Waals surface area contributed by atoms with Crippen molar-refractivity contribution >= 4 is 32.4 Å². The molecule has 2 rings (SSSR count). The molecule has 0 fully saturated rings. The fraction of sp³-hybridized carbons (Fsp3) is 0.111. The highest BCUT2D eigenvalue weighted by molar-refractivity contribution is 9.10. The highest BCUT2D eigenvalue weighted by atomic mass is 79.9. The summed E-state index contributed by atoms with van der Waals surface area (Å²) in [6, 6.07) is 4.28. The summed E-state index contributed by atoms with van der Waals surface area (Å²) >= 11 is 3.24. The van der Waals surface area contributed by atoms with Crippen LogP contribution in [-0.4, -0.2) is 30.2 Å². The molecule has 1 unspecified atom stereocenters. The minimum absolute atomic E-state index is 0.0297. The topological polar surface area (TPSA) is 90.9 Å². The Balaban J connectivity index is 2.55. The van der Waals surface area contributed by atoms with E-state index in [-0.39, 0.29) is 10.8 Å². The Hall–Kier alpha value is -1.61. The van der Waals surface area contributed by atoms with Crippen molar-refractivity contribution in [1.82, 2.24) is 14.8 Å². The van der Waals surface area contributed by atoms with E-state index in [0.717, 1.165) is 0 Å². The van der Waals surface area contributed by atoms with Crippen molar-refractivity contribution < 1.29 is 9.13 Å². The molecule has 0 amide bonds. The van der Waals surface area contributed by atoms with Gasteiger partial charge in [-0.25, -0.2) is 0 Å². The fourth-order valence-corrected chi connectivity index (χ4v) is 2.53. The zero-order valence-electron chi connectivity index (χ0n) is 9.11. The lowest BCUT2D eigenvalue weighted by Gasteiger charge is -2.06. The van der Waals surface area contributed by atoms with Crippen molar-refractivity contribution in [1.29, 1.82) is 0 Å². The van der Waals surface area contributed by atoms with E-state index < -0.39 is 15.7 Å². The highest BCUT2D eigenvalue weighted by Gasteiger charge is 2.15. The van der Waals surface area contributed by atoms with E-state index in [1.807, 2.05) is 0 Å². The van der Waals surface area contributed by atoms with Crippen molar-refractivity contribution in [3.63, 3.8) is 0 Å². The Bertz CT molecular complexity index is 642. The standard InChI is InChI=1S/C9H7BrN4O3S/c1-18(17)9-12-11-5-13(9)8-3-2-6(14(15)16)4-7(8)10/h2-5H,1H3. The van der Waals surface area contributed by atoms with Crippen molar-refractivity contribution in [3.8, 4) is 5.69 Å². The van der Waals surface area contributed by atoms with Gasteiger partial charge < -0.3 is 0 Å². The first-order valence-corrected chi connectivity index (χ1v) is 7.03. The second kappa shape index (κ2) is 4.94. The van der Waals surface area contributed by atoms with Crippen LogP contribution in [0.2, 0.25) is 0 Å². The van der Waals surface area contributed by atoms with Crippen LogP contribution >= 0.6 is 15.9 Å². The van der Waals surface area contributed by atoms with Gasteiger partial charge in [0.15, 0.2) is 0 Å². The van der Waals surface area contributed by atoms with E-state index in [2.05, 4.69) is 26.1 Å². The Morgan fingerprint density at radius 3 is 2.78 bits per heavy atom. The minimum atomic E-state index is -1.30. The molecule has 0 bridgehead atoms. The SMILES string of the molecule is CS(=O)c1nncn1-c1ccc([N+](=O)[O-])cc1Br. The van der Waals surface area contributed by atoms with E-state index in [4.69, 9.17) is 0 Å². The lowest BCUT2D eigenvalue weighted by Crippen LogP contribution is -2.02. The number of hydrogen-bond donors (Lipinski definition) is 0. The van der Waals surface area contributed by atoms with Gasteiger partial charge in [-0.15, -0.1) is 10.2 Å². The number of rotatable bonds is 3. The number of benzene rings is 1. The van der Waals surface area contributed by atoms with Gasteiger partial charge in [0.2, 0.25) is 5.16 Å². The van der Waals surface area contributed by atoms with Gasteiger partial charge in [-0.05, 0) is 22.0 Å². The molecule has 1 aromatic heterocycles. The number of non-ortho nitro benzene ring substituents is 1. The molecule has 0 saturated heterocycles. The van der Waals surface area contributed by atoms with Crippen LogP contribution in [0, 0.1) is 10.1 Å².